The van der Waals surface area contributed by atoms with E-state index in [1.165, 1.54) is 6.26 Å². The van der Waals surface area contributed by atoms with Crippen LogP contribution in [0.25, 0.3) is 0 Å². The molecule has 0 spiro atoms. The molecule has 0 radical (unpaired) electrons. The van der Waals surface area contributed by atoms with Crippen LogP contribution in [0, 0.1) is 0 Å². The molecule has 1 rings (SSSR count). The van der Waals surface area contributed by atoms with Gasteiger partial charge in [0.05, 0.1) is 25.5 Å². The van der Waals surface area contributed by atoms with Crippen molar-refractivity contribution in [3.05, 3.63) is 24.2 Å². The second kappa shape index (κ2) is 5.13. The van der Waals surface area contributed by atoms with Gasteiger partial charge in [-0.05, 0) is 12.1 Å². The summed E-state index contributed by atoms with van der Waals surface area (Å²) < 4.78 is 28.8. The maximum Gasteiger partial charge on any atom is 0.304 e. The largest absolute Gasteiger partial charge is 0.481 e. The molecule has 16 heavy (non-hydrogen) atoms. The summed E-state index contributed by atoms with van der Waals surface area (Å²) in [7, 11) is -3.43. The Balaban J connectivity index is 2.69. The zero-order valence-corrected chi connectivity index (χ0v) is 9.61. The van der Waals surface area contributed by atoms with E-state index >= 15 is 0 Å². The van der Waals surface area contributed by atoms with Gasteiger partial charge in [-0.1, -0.05) is 0 Å². The summed E-state index contributed by atoms with van der Waals surface area (Å²) in [4.78, 5) is 10.4. The highest BCUT2D eigenvalue weighted by Crippen LogP contribution is 2.09. The summed E-state index contributed by atoms with van der Waals surface area (Å²) in [5.74, 6) is -0.552. The van der Waals surface area contributed by atoms with Crippen LogP contribution < -0.4 is 0 Å². The Morgan fingerprint density at radius 1 is 1.56 bits per heavy atom. The molecule has 0 bridgehead atoms. The average molecular weight is 247 g/mol. The van der Waals surface area contributed by atoms with E-state index in [9.17, 15) is 13.2 Å². The quantitative estimate of drug-likeness (QED) is 0.791. The van der Waals surface area contributed by atoms with Gasteiger partial charge in [0.2, 0.25) is 10.0 Å². The third kappa shape index (κ3) is 4.03. The molecule has 0 saturated carbocycles. The van der Waals surface area contributed by atoms with Crippen molar-refractivity contribution < 1.29 is 22.7 Å². The average Bonchev–Trinajstić information content (AvgIpc) is 2.62. The molecule has 0 amide bonds. The number of aliphatic carboxylic acids is 1. The monoisotopic (exact) mass is 247 g/mol. The molecular formula is C9H13NO5S. The predicted molar refractivity (Wildman–Crippen MR) is 56.2 cm³/mol. The van der Waals surface area contributed by atoms with Crippen LogP contribution >= 0.6 is 0 Å². The lowest BCUT2D eigenvalue weighted by atomic mass is 10.4. The molecule has 6 nitrogen and oxygen atoms in total. The Bertz CT molecular complexity index is 436. The number of carboxylic acids is 1. The van der Waals surface area contributed by atoms with E-state index in [4.69, 9.17) is 9.52 Å². The van der Waals surface area contributed by atoms with Gasteiger partial charge in [-0.15, -0.1) is 0 Å². The van der Waals surface area contributed by atoms with Crippen molar-refractivity contribution >= 4 is 16.0 Å². The van der Waals surface area contributed by atoms with Gasteiger partial charge in [0.25, 0.3) is 0 Å². The van der Waals surface area contributed by atoms with E-state index in [1.54, 1.807) is 12.1 Å². The molecule has 1 N–H and O–H groups in total. The minimum absolute atomic E-state index is 0.0547. The highest BCUT2D eigenvalue weighted by atomic mass is 32.2. The van der Waals surface area contributed by atoms with Crippen LogP contribution in [0.3, 0.4) is 0 Å². The number of hydrogen-bond donors (Lipinski definition) is 1. The Labute approximate surface area is 93.5 Å². The first kappa shape index (κ1) is 12.7. The third-order valence-corrected chi connectivity index (χ3v) is 3.21. The normalized spacial score (nSPS) is 11.9. The lowest BCUT2D eigenvalue weighted by Gasteiger charge is -2.17. The second-order valence-electron chi connectivity index (χ2n) is 3.32. The number of sulfonamides is 1. The highest BCUT2D eigenvalue weighted by Gasteiger charge is 2.18. The van der Waals surface area contributed by atoms with Crippen LogP contribution in [-0.2, 0) is 21.4 Å². The fraction of sp³-hybridized carbons (Fsp3) is 0.444. The van der Waals surface area contributed by atoms with Crippen molar-refractivity contribution in [2.75, 3.05) is 12.8 Å². The summed E-state index contributed by atoms with van der Waals surface area (Å²) in [5, 5.41) is 8.51. The maximum absolute atomic E-state index is 11.4. The smallest absolute Gasteiger partial charge is 0.304 e. The lowest BCUT2D eigenvalue weighted by molar-refractivity contribution is -0.137. The van der Waals surface area contributed by atoms with Gasteiger partial charge in [0.1, 0.15) is 5.76 Å². The van der Waals surface area contributed by atoms with Crippen molar-refractivity contribution in [3.8, 4) is 0 Å². The first-order chi connectivity index (χ1) is 7.39. The molecule has 1 aromatic heterocycles. The number of rotatable bonds is 6. The van der Waals surface area contributed by atoms with Crippen molar-refractivity contribution in [2.24, 2.45) is 0 Å². The molecule has 0 aromatic carbocycles. The molecule has 0 fully saturated rings. The summed E-state index contributed by atoms with van der Waals surface area (Å²) in [6.07, 6.45) is 2.25. The van der Waals surface area contributed by atoms with E-state index < -0.39 is 16.0 Å². The molecule has 90 valence electrons. The van der Waals surface area contributed by atoms with Crippen LogP contribution in [0.5, 0.6) is 0 Å². The molecule has 0 aliphatic carbocycles. The van der Waals surface area contributed by atoms with Gasteiger partial charge < -0.3 is 9.52 Å². The summed E-state index contributed by atoms with van der Waals surface area (Å²) in [6.45, 7) is -0.00597. The predicted octanol–water partition coefficient (Wildman–Crippen LogP) is 0.516. The highest BCUT2D eigenvalue weighted by molar-refractivity contribution is 7.88. The van der Waals surface area contributed by atoms with Gasteiger partial charge in [0.15, 0.2) is 0 Å². The van der Waals surface area contributed by atoms with Crippen LogP contribution in [0.4, 0.5) is 0 Å². The number of nitrogens with zero attached hydrogens (tertiary/aromatic N) is 1. The Morgan fingerprint density at radius 2 is 2.25 bits per heavy atom. The van der Waals surface area contributed by atoms with Crippen LogP contribution in [-0.4, -0.2) is 36.6 Å². The fourth-order valence-electron chi connectivity index (χ4n) is 1.16. The van der Waals surface area contributed by atoms with Crippen molar-refractivity contribution in [3.63, 3.8) is 0 Å². The maximum atomic E-state index is 11.4. The summed E-state index contributed by atoms with van der Waals surface area (Å²) in [6, 6.07) is 3.28. The van der Waals surface area contributed by atoms with E-state index in [-0.39, 0.29) is 19.5 Å². The summed E-state index contributed by atoms with van der Waals surface area (Å²) >= 11 is 0. The minimum Gasteiger partial charge on any atom is -0.481 e. The minimum atomic E-state index is -3.43. The van der Waals surface area contributed by atoms with Crippen LogP contribution in [0.1, 0.15) is 12.2 Å². The van der Waals surface area contributed by atoms with Crippen LogP contribution in [0.15, 0.2) is 22.8 Å². The first-order valence-electron chi connectivity index (χ1n) is 4.59. The number of carbonyl (C=O) groups is 1. The number of furan rings is 1. The van der Waals surface area contributed by atoms with Crippen molar-refractivity contribution in [2.45, 2.75) is 13.0 Å². The SMILES string of the molecule is CS(=O)(=O)N(CCC(=O)O)Cc1ccco1. The molecule has 0 aliphatic heterocycles. The Morgan fingerprint density at radius 3 is 2.69 bits per heavy atom. The first-order valence-corrected chi connectivity index (χ1v) is 6.43. The van der Waals surface area contributed by atoms with Crippen LogP contribution in [0.2, 0.25) is 0 Å². The van der Waals surface area contributed by atoms with E-state index in [2.05, 4.69) is 0 Å². The molecule has 0 saturated heterocycles. The van der Waals surface area contributed by atoms with E-state index in [1.807, 2.05) is 0 Å². The van der Waals surface area contributed by atoms with E-state index in [0.29, 0.717) is 5.76 Å². The molecule has 1 heterocycles. The number of hydrogen-bond acceptors (Lipinski definition) is 4. The third-order valence-electron chi connectivity index (χ3n) is 1.96. The summed E-state index contributed by atoms with van der Waals surface area (Å²) in [5.41, 5.74) is 0. The molecule has 0 unspecified atom stereocenters. The van der Waals surface area contributed by atoms with Gasteiger partial charge in [-0.2, -0.15) is 4.31 Å². The zero-order valence-electron chi connectivity index (χ0n) is 8.79. The topological polar surface area (TPSA) is 87.8 Å². The number of carboxylic acid groups (broad SMARTS) is 1. The van der Waals surface area contributed by atoms with Crippen molar-refractivity contribution in [1.82, 2.24) is 4.31 Å². The molecule has 0 aliphatic rings. The fourth-order valence-corrected chi connectivity index (χ4v) is 1.94. The Kier molecular flexibility index (Phi) is 4.08. The van der Waals surface area contributed by atoms with Gasteiger partial charge in [0, 0.05) is 6.54 Å². The molecular weight excluding hydrogens is 234 g/mol. The van der Waals surface area contributed by atoms with Crippen molar-refractivity contribution in [1.29, 1.82) is 0 Å². The molecule has 1 aromatic rings. The molecule has 0 atom stereocenters. The molecule has 7 heteroatoms. The van der Waals surface area contributed by atoms with Gasteiger partial charge in [-0.25, -0.2) is 8.42 Å². The van der Waals surface area contributed by atoms with Gasteiger partial charge >= 0.3 is 5.97 Å². The van der Waals surface area contributed by atoms with Gasteiger partial charge in [-0.3, -0.25) is 4.79 Å². The zero-order chi connectivity index (χ0) is 12.2. The van der Waals surface area contributed by atoms with E-state index in [0.717, 1.165) is 10.6 Å². The lowest BCUT2D eigenvalue weighted by Crippen LogP contribution is -2.31. The standard InChI is InChI=1S/C9H13NO5S/c1-16(13,14)10(5-4-9(11)12)7-8-3-2-6-15-8/h2-3,6H,4-5,7H2,1H3,(H,11,12). The second-order valence-corrected chi connectivity index (χ2v) is 5.30. The Hall–Kier alpha value is -1.34.